The molecule has 1 aliphatic heterocycles. The van der Waals surface area contributed by atoms with Crippen LogP contribution in [0.15, 0.2) is 35.4 Å². The monoisotopic (exact) mass is 494 g/mol. The maximum Gasteiger partial charge on any atom is 1.00 e. The molecule has 6 heteroatoms. The van der Waals surface area contributed by atoms with Crippen LogP contribution in [0.25, 0.3) is 0 Å². The predicted molar refractivity (Wildman–Crippen MR) is 139 cm³/mol. The van der Waals surface area contributed by atoms with Crippen LogP contribution in [-0.4, -0.2) is 5.60 Å². The van der Waals surface area contributed by atoms with Gasteiger partial charge >= 0.3 is 26.7 Å². The summed E-state index contributed by atoms with van der Waals surface area (Å²) in [6.45, 7) is 25.8. The van der Waals surface area contributed by atoms with Crippen LogP contribution in [0.4, 0.5) is 0 Å². The summed E-state index contributed by atoms with van der Waals surface area (Å²) in [5.41, 5.74) is 3.43. The number of phosphoric ester groups is 1. The second-order valence-corrected chi connectivity index (χ2v) is 15.5. The smallest absolute Gasteiger partial charge is 0.746 e. The fourth-order valence-corrected chi connectivity index (χ4v) is 6.15. The van der Waals surface area contributed by atoms with E-state index in [1.807, 2.05) is 0 Å². The number of phosphoric acid groups is 1. The third-order valence-electron chi connectivity index (χ3n) is 6.92. The van der Waals surface area contributed by atoms with Crippen molar-refractivity contribution < 1.29 is 37.4 Å². The van der Waals surface area contributed by atoms with E-state index in [1.54, 1.807) is 0 Å². The maximum absolute atomic E-state index is 13.4. The molecule has 35 heavy (non-hydrogen) atoms. The first-order chi connectivity index (χ1) is 15.1. The van der Waals surface area contributed by atoms with E-state index in [0.717, 1.165) is 16.7 Å². The molecule has 0 amide bonds. The number of fused-ring (bicyclic) bond motifs is 1. The third-order valence-corrected chi connectivity index (χ3v) is 7.90. The van der Waals surface area contributed by atoms with Crippen LogP contribution < -0.4 is 28.3 Å². The minimum absolute atomic E-state index is 0. The van der Waals surface area contributed by atoms with Crippen molar-refractivity contribution >= 4 is 7.82 Å². The minimum atomic E-state index is -4.64. The largest absolute Gasteiger partial charge is 1.00 e. The molecule has 0 fully saturated rings. The van der Waals surface area contributed by atoms with E-state index < -0.39 is 13.4 Å². The number of hydrogen-bond acceptors (Lipinski definition) is 4. The number of rotatable bonds is 0. The van der Waals surface area contributed by atoms with Crippen LogP contribution in [0, 0.1) is 10.8 Å². The van der Waals surface area contributed by atoms with Crippen molar-refractivity contribution in [1.82, 2.24) is 0 Å². The fraction of sp³-hybridized carbons (Fsp3) is 0.655. The molecule has 1 aromatic rings. The molecule has 190 valence electrons. The molecule has 3 rings (SSSR count). The minimum Gasteiger partial charge on any atom is -0.746 e. The summed E-state index contributed by atoms with van der Waals surface area (Å²) in [7, 11) is -4.64. The van der Waals surface area contributed by atoms with E-state index in [9.17, 15) is 9.46 Å². The van der Waals surface area contributed by atoms with E-state index in [1.165, 1.54) is 11.1 Å². The molecule has 0 N–H and O–H groups in total. The van der Waals surface area contributed by atoms with E-state index in [4.69, 9.17) is 9.05 Å². The predicted octanol–water partition coefficient (Wildman–Crippen LogP) is 4.79. The standard InChI is InChI=1S/C29H45O4P.Li/c1-25(2,3)20-13-14-29(23(17-20)28(10,11)12)18-19-15-21(26(4,5)6)16-22(27(7,8)9)24(19)32-34(30,31)33-29;/h13,15-17H,14,18H2,1-12H3,(H,30,31);/q;+1/p-1. The van der Waals surface area contributed by atoms with Gasteiger partial charge in [0.15, 0.2) is 0 Å². The molecule has 4 nitrogen and oxygen atoms in total. The van der Waals surface area contributed by atoms with Crippen LogP contribution in [0.2, 0.25) is 0 Å². The molecule has 0 bridgehead atoms. The molecule has 2 atom stereocenters. The van der Waals surface area contributed by atoms with Crippen molar-refractivity contribution in [3.8, 4) is 5.75 Å². The first-order valence-electron chi connectivity index (χ1n) is 12.4. The summed E-state index contributed by atoms with van der Waals surface area (Å²) >= 11 is 0. The Labute approximate surface area is 225 Å². The topological polar surface area (TPSA) is 58.6 Å². The Hall–Kier alpha value is -0.753. The van der Waals surface area contributed by atoms with Gasteiger partial charge in [-0.05, 0) is 50.4 Å². The Kier molecular flexibility index (Phi) is 8.02. The van der Waals surface area contributed by atoms with E-state index in [0.29, 0.717) is 18.6 Å². The van der Waals surface area contributed by atoms with Gasteiger partial charge in [-0.15, -0.1) is 0 Å². The molecular weight excluding hydrogens is 450 g/mol. The van der Waals surface area contributed by atoms with Crippen LogP contribution in [0.1, 0.15) is 106 Å². The average molecular weight is 495 g/mol. The molecule has 1 aliphatic carbocycles. The molecule has 0 saturated heterocycles. The Morgan fingerprint density at radius 1 is 0.857 bits per heavy atom. The number of allylic oxidation sites excluding steroid dienone is 2. The third kappa shape index (κ3) is 6.40. The summed E-state index contributed by atoms with van der Waals surface area (Å²) in [5, 5.41) is 0. The van der Waals surface area contributed by atoms with E-state index in [2.05, 4.69) is 107 Å². The van der Waals surface area contributed by atoms with Crippen LogP contribution in [0.5, 0.6) is 5.75 Å². The molecule has 0 radical (unpaired) electrons. The van der Waals surface area contributed by atoms with Gasteiger partial charge in [-0.3, -0.25) is 9.09 Å². The zero-order valence-electron chi connectivity index (χ0n) is 24.3. The van der Waals surface area contributed by atoms with Crippen molar-refractivity contribution in [2.24, 2.45) is 10.8 Å². The Morgan fingerprint density at radius 2 is 1.43 bits per heavy atom. The van der Waals surface area contributed by atoms with Gasteiger partial charge in [0.25, 0.3) is 0 Å². The van der Waals surface area contributed by atoms with Crippen molar-refractivity contribution in [2.45, 2.75) is 112 Å². The van der Waals surface area contributed by atoms with Crippen molar-refractivity contribution in [3.63, 3.8) is 0 Å². The summed E-state index contributed by atoms with van der Waals surface area (Å²) in [5.74, 6) is 0.439. The molecule has 1 aromatic carbocycles. The van der Waals surface area contributed by atoms with Gasteiger partial charge in [-0.2, -0.15) is 0 Å². The molecule has 1 heterocycles. The van der Waals surface area contributed by atoms with Gasteiger partial charge in [0.1, 0.15) is 11.4 Å². The molecule has 0 saturated carbocycles. The van der Waals surface area contributed by atoms with Crippen molar-refractivity contribution in [1.29, 1.82) is 0 Å². The second kappa shape index (κ2) is 9.22. The molecule has 0 aromatic heterocycles. The fourth-order valence-electron chi connectivity index (χ4n) is 5.01. The summed E-state index contributed by atoms with van der Waals surface area (Å²) < 4.78 is 25.2. The van der Waals surface area contributed by atoms with Gasteiger partial charge in [-0.1, -0.05) is 107 Å². The average Bonchev–Trinajstić information content (AvgIpc) is 2.69. The zero-order valence-corrected chi connectivity index (χ0v) is 25.2. The summed E-state index contributed by atoms with van der Waals surface area (Å²) in [6, 6.07) is 4.24. The van der Waals surface area contributed by atoms with E-state index >= 15 is 0 Å². The Morgan fingerprint density at radius 3 is 1.89 bits per heavy atom. The zero-order chi connectivity index (χ0) is 26.1. The number of benzene rings is 1. The molecule has 2 aliphatic rings. The SMILES string of the molecule is CC(C)(C)C1=CCC2(Cc3cc(C(C)(C)C)cc(C(C)(C)C)c3OP(=O)([O-])O2)C(C(C)(C)C)=C1.[Li+]. The van der Waals surface area contributed by atoms with Crippen LogP contribution in [-0.2, 0) is 26.3 Å². The summed E-state index contributed by atoms with van der Waals surface area (Å²) in [4.78, 5) is 13.4. The van der Waals surface area contributed by atoms with Crippen molar-refractivity contribution in [2.75, 3.05) is 0 Å². The van der Waals surface area contributed by atoms with Crippen molar-refractivity contribution in [3.05, 3.63) is 52.1 Å². The molecule has 1 spiro atoms. The molecular formula is C29H44LiO4P. The first kappa shape index (κ1) is 30.5. The quantitative estimate of drug-likeness (QED) is 0.384. The van der Waals surface area contributed by atoms with Crippen LogP contribution >= 0.6 is 7.82 Å². The number of hydrogen-bond donors (Lipinski definition) is 0. The Bertz CT molecular complexity index is 1090. The summed E-state index contributed by atoms with van der Waals surface area (Å²) in [6.07, 6.45) is 5.26. The van der Waals surface area contributed by atoms with Gasteiger partial charge in [0, 0.05) is 12.0 Å². The molecule has 2 unspecified atom stereocenters. The normalized spacial score (nSPS) is 25.6. The van der Waals surface area contributed by atoms with Gasteiger partial charge in [-0.25, -0.2) is 0 Å². The van der Waals surface area contributed by atoms with Gasteiger partial charge < -0.3 is 9.42 Å². The Balaban J connectivity index is 0.00000432. The van der Waals surface area contributed by atoms with Gasteiger partial charge in [0.2, 0.25) is 0 Å². The first-order valence-corrected chi connectivity index (χ1v) is 13.8. The second-order valence-electron chi connectivity index (χ2n) is 14.2. The maximum atomic E-state index is 13.4. The van der Waals surface area contributed by atoms with Crippen LogP contribution in [0.3, 0.4) is 0 Å². The van der Waals surface area contributed by atoms with Gasteiger partial charge in [0.05, 0.1) is 0 Å². The van der Waals surface area contributed by atoms with E-state index in [-0.39, 0.29) is 40.5 Å².